The van der Waals surface area contributed by atoms with Gasteiger partial charge in [-0.25, -0.2) is 0 Å². The summed E-state index contributed by atoms with van der Waals surface area (Å²) < 4.78 is 0. The van der Waals surface area contributed by atoms with Crippen molar-refractivity contribution < 1.29 is 9.59 Å². The maximum atomic E-state index is 13.2. The molecule has 1 atom stereocenters. The lowest BCUT2D eigenvalue weighted by Gasteiger charge is -2.29. The van der Waals surface area contributed by atoms with Crippen LogP contribution >= 0.6 is 23.2 Å². The summed E-state index contributed by atoms with van der Waals surface area (Å²) in [6.45, 7) is 6.80. The van der Waals surface area contributed by atoms with E-state index in [2.05, 4.69) is 12.2 Å². The molecule has 0 radical (unpaired) electrons. The fraction of sp³-hybridized carbons (Fsp3) is 0.391. The molecule has 156 valence electrons. The summed E-state index contributed by atoms with van der Waals surface area (Å²) in [6.07, 6.45) is 2.01. The van der Waals surface area contributed by atoms with Crippen LogP contribution in [0, 0.1) is 6.92 Å². The second-order valence-corrected chi connectivity index (χ2v) is 8.08. The summed E-state index contributed by atoms with van der Waals surface area (Å²) in [5.74, 6) is -0.311. The molecule has 0 aliphatic heterocycles. The third-order valence-corrected chi connectivity index (χ3v) is 5.41. The average molecular weight is 435 g/mol. The smallest absolute Gasteiger partial charge is 0.242 e. The van der Waals surface area contributed by atoms with E-state index in [1.165, 1.54) is 0 Å². The quantitative estimate of drug-likeness (QED) is 0.552. The number of amides is 2. The summed E-state index contributed by atoms with van der Waals surface area (Å²) in [6, 6.07) is 12.4. The van der Waals surface area contributed by atoms with Crippen LogP contribution in [0.15, 0.2) is 42.5 Å². The Kier molecular flexibility index (Phi) is 8.99. The summed E-state index contributed by atoms with van der Waals surface area (Å²) in [7, 11) is 0. The van der Waals surface area contributed by atoms with Crippen molar-refractivity contribution in [1.29, 1.82) is 0 Å². The molecule has 1 N–H and O–H groups in total. The predicted molar refractivity (Wildman–Crippen MR) is 119 cm³/mol. The van der Waals surface area contributed by atoms with Crippen LogP contribution in [0.3, 0.4) is 0 Å². The first-order chi connectivity index (χ1) is 13.8. The number of nitrogens with one attached hydrogen (secondary N) is 1. The normalized spacial score (nSPS) is 11.8. The van der Waals surface area contributed by atoms with Crippen LogP contribution in [0.2, 0.25) is 10.0 Å². The van der Waals surface area contributed by atoms with Gasteiger partial charge in [0.1, 0.15) is 6.04 Å². The van der Waals surface area contributed by atoms with E-state index in [1.807, 2.05) is 31.2 Å². The molecule has 0 bridgehead atoms. The molecule has 0 saturated carbocycles. The van der Waals surface area contributed by atoms with E-state index in [1.54, 1.807) is 30.0 Å². The molecule has 0 spiro atoms. The number of carbonyl (C=O) groups excluding carboxylic acids is 2. The molecular weight excluding hydrogens is 407 g/mol. The maximum absolute atomic E-state index is 13.2. The topological polar surface area (TPSA) is 49.4 Å². The molecule has 2 aromatic rings. The molecule has 0 aliphatic carbocycles. The van der Waals surface area contributed by atoms with Crippen LogP contribution in [0.5, 0.6) is 0 Å². The van der Waals surface area contributed by atoms with Gasteiger partial charge in [-0.15, -0.1) is 0 Å². The maximum Gasteiger partial charge on any atom is 0.242 e. The van der Waals surface area contributed by atoms with Gasteiger partial charge < -0.3 is 10.2 Å². The fourth-order valence-electron chi connectivity index (χ4n) is 2.94. The molecule has 29 heavy (non-hydrogen) atoms. The van der Waals surface area contributed by atoms with Crippen molar-refractivity contribution in [3.63, 3.8) is 0 Å². The van der Waals surface area contributed by atoms with Crippen molar-refractivity contribution in [2.24, 2.45) is 0 Å². The Bertz CT molecular complexity index is 837. The van der Waals surface area contributed by atoms with Crippen LogP contribution in [-0.4, -0.2) is 29.3 Å². The fourth-order valence-corrected chi connectivity index (χ4v) is 3.41. The molecule has 0 saturated heterocycles. The SMILES string of the molecule is CCCCNC(=O)[C@@H](C)N(Cc1ccc(C)cc1)C(=O)Cc1ccc(Cl)cc1Cl. The van der Waals surface area contributed by atoms with Gasteiger partial charge in [0.2, 0.25) is 11.8 Å². The summed E-state index contributed by atoms with van der Waals surface area (Å²) >= 11 is 12.2. The lowest BCUT2D eigenvalue weighted by Crippen LogP contribution is -2.48. The van der Waals surface area contributed by atoms with E-state index >= 15 is 0 Å². The van der Waals surface area contributed by atoms with Gasteiger partial charge in [-0.3, -0.25) is 9.59 Å². The van der Waals surface area contributed by atoms with Gasteiger partial charge in [-0.2, -0.15) is 0 Å². The Morgan fingerprint density at radius 1 is 1.10 bits per heavy atom. The van der Waals surface area contributed by atoms with Crippen LogP contribution in [0.1, 0.15) is 43.4 Å². The number of aryl methyl sites for hydroxylation is 1. The highest BCUT2D eigenvalue weighted by Gasteiger charge is 2.26. The van der Waals surface area contributed by atoms with Gasteiger partial charge in [0.15, 0.2) is 0 Å². The zero-order chi connectivity index (χ0) is 21.4. The molecule has 0 aliphatic rings. The minimum absolute atomic E-state index is 0.106. The number of unbranched alkanes of at least 4 members (excludes halogenated alkanes) is 1. The second kappa shape index (κ2) is 11.2. The number of nitrogens with zero attached hydrogens (tertiary/aromatic N) is 1. The van der Waals surface area contributed by atoms with E-state index in [0.29, 0.717) is 28.7 Å². The van der Waals surface area contributed by atoms with Gasteiger partial charge in [0.05, 0.1) is 6.42 Å². The summed E-state index contributed by atoms with van der Waals surface area (Å²) in [4.78, 5) is 27.4. The highest BCUT2D eigenvalue weighted by Crippen LogP contribution is 2.22. The number of hydrogen-bond donors (Lipinski definition) is 1. The van der Waals surface area contributed by atoms with Gasteiger partial charge >= 0.3 is 0 Å². The van der Waals surface area contributed by atoms with Gasteiger partial charge in [0, 0.05) is 23.1 Å². The van der Waals surface area contributed by atoms with Crippen molar-refractivity contribution in [2.45, 2.75) is 52.6 Å². The highest BCUT2D eigenvalue weighted by atomic mass is 35.5. The summed E-state index contributed by atoms with van der Waals surface area (Å²) in [5, 5.41) is 3.89. The molecule has 2 rings (SSSR count). The van der Waals surface area contributed by atoms with Crippen LogP contribution in [0.25, 0.3) is 0 Å². The zero-order valence-electron chi connectivity index (χ0n) is 17.2. The first kappa shape index (κ1) is 23.2. The zero-order valence-corrected chi connectivity index (χ0v) is 18.7. The number of rotatable bonds is 9. The highest BCUT2D eigenvalue weighted by molar-refractivity contribution is 6.35. The van der Waals surface area contributed by atoms with Gasteiger partial charge in [-0.05, 0) is 43.5 Å². The molecule has 0 heterocycles. The van der Waals surface area contributed by atoms with Gasteiger partial charge in [-0.1, -0.05) is 72.4 Å². The van der Waals surface area contributed by atoms with Crippen molar-refractivity contribution >= 4 is 35.0 Å². The standard InChI is InChI=1S/C23H28Cl2N2O2/c1-4-5-12-26-23(29)17(3)27(15-18-8-6-16(2)7-9-18)22(28)13-19-10-11-20(24)14-21(19)25/h6-11,14,17H,4-5,12-13,15H2,1-3H3,(H,26,29)/t17-/m1/s1. The molecule has 4 nitrogen and oxygen atoms in total. The molecule has 2 amide bonds. The number of carbonyl (C=O) groups is 2. The number of halogens is 2. The Morgan fingerprint density at radius 2 is 1.79 bits per heavy atom. The lowest BCUT2D eigenvalue weighted by atomic mass is 10.1. The van der Waals surface area contributed by atoms with Crippen LogP contribution < -0.4 is 5.32 Å². The van der Waals surface area contributed by atoms with E-state index in [9.17, 15) is 9.59 Å². The van der Waals surface area contributed by atoms with E-state index < -0.39 is 6.04 Å². The van der Waals surface area contributed by atoms with E-state index in [4.69, 9.17) is 23.2 Å². The van der Waals surface area contributed by atoms with E-state index in [-0.39, 0.29) is 18.2 Å². The Morgan fingerprint density at radius 3 is 2.41 bits per heavy atom. The van der Waals surface area contributed by atoms with Crippen molar-refractivity contribution in [2.75, 3.05) is 6.54 Å². The predicted octanol–water partition coefficient (Wildman–Crippen LogP) is 5.18. The summed E-state index contributed by atoms with van der Waals surface area (Å²) in [5.41, 5.74) is 2.80. The molecule has 2 aromatic carbocycles. The number of benzene rings is 2. The monoisotopic (exact) mass is 434 g/mol. The largest absolute Gasteiger partial charge is 0.354 e. The lowest BCUT2D eigenvalue weighted by molar-refractivity contribution is -0.140. The molecule has 0 unspecified atom stereocenters. The minimum Gasteiger partial charge on any atom is -0.354 e. The second-order valence-electron chi connectivity index (χ2n) is 7.24. The first-order valence-corrected chi connectivity index (χ1v) is 10.6. The molecule has 0 aromatic heterocycles. The van der Waals surface area contributed by atoms with Crippen LogP contribution in [0.4, 0.5) is 0 Å². The van der Waals surface area contributed by atoms with Gasteiger partial charge in [0.25, 0.3) is 0 Å². The molecule has 6 heteroatoms. The third-order valence-electron chi connectivity index (χ3n) is 4.83. The average Bonchev–Trinajstić information content (AvgIpc) is 2.69. The van der Waals surface area contributed by atoms with E-state index in [0.717, 1.165) is 24.0 Å². The number of hydrogen-bond acceptors (Lipinski definition) is 2. The Labute approximate surface area is 183 Å². The van der Waals surface area contributed by atoms with Crippen LogP contribution in [-0.2, 0) is 22.6 Å². The minimum atomic E-state index is -0.591. The van der Waals surface area contributed by atoms with Crippen molar-refractivity contribution in [1.82, 2.24) is 10.2 Å². The van der Waals surface area contributed by atoms with Crippen molar-refractivity contribution in [3.8, 4) is 0 Å². The first-order valence-electron chi connectivity index (χ1n) is 9.88. The third kappa shape index (κ3) is 7.06. The van der Waals surface area contributed by atoms with Crippen molar-refractivity contribution in [3.05, 3.63) is 69.2 Å². The Balaban J connectivity index is 2.20. The molecular formula is C23H28Cl2N2O2. The molecule has 0 fully saturated rings. The Hall–Kier alpha value is -2.04.